The highest BCUT2D eigenvalue weighted by Gasteiger charge is 2.31. The molecule has 3 heteroatoms. The second kappa shape index (κ2) is 5.67. The Bertz CT molecular complexity index is 236. The monoisotopic (exact) mass is 224 g/mol. The van der Waals surface area contributed by atoms with Crippen LogP contribution in [0.25, 0.3) is 0 Å². The van der Waals surface area contributed by atoms with E-state index in [1.54, 1.807) is 0 Å². The van der Waals surface area contributed by atoms with E-state index in [2.05, 4.69) is 5.32 Å². The average molecular weight is 224 g/mol. The van der Waals surface area contributed by atoms with E-state index in [4.69, 9.17) is 5.73 Å². The van der Waals surface area contributed by atoms with Crippen LogP contribution in [-0.4, -0.2) is 18.5 Å². The molecule has 2 unspecified atom stereocenters. The first-order valence-electron chi connectivity index (χ1n) is 6.80. The zero-order valence-electron chi connectivity index (χ0n) is 10.1. The Balaban J connectivity index is 1.73. The van der Waals surface area contributed by atoms with Crippen LogP contribution in [0, 0.1) is 11.8 Å². The lowest BCUT2D eigenvalue weighted by Gasteiger charge is -2.25. The van der Waals surface area contributed by atoms with Crippen molar-refractivity contribution in [3.63, 3.8) is 0 Å². The number of hydrogen-bond donors (Lipinski definition) is 2. The average Bonchev–Trinajstić information content (AvgIpc) is 2.76. The Kier molecular flexibility index (Phi) is 4.22. The Morgan fingerprint density at radius 1 is 1.06 bits per heavy atom. The number of nitrogens with two attached hydrogens (primary N) is 1. The molecule has 0 radical (unpaired) electrons. The fraction of sp³-hybridized carbons (Fsp3) is 0.923. The largest absolute Gasteiger partial charge is 0.369 e. The Morgan fingerprint density at radius 2 is 1.81 bits per heavy atom. The van der Waals surface area contributed by atoms with E-state index in [1.165, 1.54) is 32.1 Å². The van der Waals surface area contributed by atoms with Crippen LogP contribution in [0.1, 0.15) is 51.4 Å². The maximum Gasteiger partial charge on any atom is 0.222 e. The second-order valence-electron chi connectivity index (χ2n) is 5.46. The molecule has 1 amide bonds. The summed E-state index contributed by atoms with van der Waals surface area (Å²) in [5.74, 6) is 0.810. The van der Waals surface area contributed by atoms with Gasteiger partial charge < -0.3 is 11.1 Å². The lowest BCUT2D eigenvalue weighted by atomic mass is 9.89. The number of hydrogen-bond acceptors (Lipinski definition) is 2. The van der Waals surface area contributed by atoms with Crippen LogP contribution in [0.2, 0.25) is 0 Å². The molecular formula is C13H24N2O. The van der Waals surface area contributed by atoms with Gasteiger partial charge in [-0.3, -0.25) is 4.79 Å². The molecule has 2 aliphatic rings. The van der Waals surface area contributed by atoms with Crippen molar-refractivity contribution in [2.45, 2.75) is 57.4 Å². The molecule has 16 heavy (non-hydrogen) atoms. The third-order valence-electron chi connectivity index (χ3n) is 4.27. The number of carbonyl (C=O) groups excluding carboxylic acids is 1. The number of nitrogens with one attached hydrogen (secondary N) is 1. The number of amides is 1. The molecular weight excluding hydrogens is 200 g/mol. The van der Waals surface area contributed by atoms with Crippen molar-refractivity contribution < 1.29 is 4.79 Å². The van der Waals surface area contributed by atoms with Gasteiger partial charge in [0.2, 0.25) is 5.91 Å². The van der Waals surface area contributed by atoms with E-state index in [-0.39, 0.29) is 11.8 Å². The number of rotatable bonds is 4. The van der Waals surface area contributed by atoms with E-state index in [1.807, 2.05) is 0 Å². The highest BCUT2D eigenvalue weighted by Crippen LogP contribution is 2.27. The van der Waals surface area contributed by atoms with Crippen molar-refractivity contribution in [2.75, 3.05) is 6.54 Å². The zero-order chi connectivity index (χ0) is 11.4. The highest BCUT2D eigenvalue weighted by atomic mass is 16.1. The van der Waals surface area contributed by atoms with Gasteiger partial charge in [0, 0.05) is 6.04 Å². The van der Waals surface area contributed by atoms with Crippen molar-refractivity contribution >= 4 is 5.91 Å². The fourth-order valence-corrected chi connectivity index (χ4v) is 3.25. The van der Waals surface area contributed by atoms with E-state index < -0.39 is 0 Å². The molecule has 0 aliphatic heterocycles. The molecule has 3 N–H and O–H groups in total. The first-order chi connectivity index (χ1) is 7.77. The molecule has 3 nitrogen and oxygen atoms in total. The van der Waals surface area contributed by atoms with Gasteiger partial charge in [0.05, 0.1) is 5.92 Å². The van der Waals surface area contributed by atoms with Gasteiger partial charge >= 0.3 is 0 Å². The van der Waals surface area contributed by atoms with Crippen LogP contribution < -0.4 is 11.1 Å². The fourth-order valence-electron chi connectivity index (χ4n) is 3.25. The Morgan fingerprint density at radius 3 is 2.50 bits per heavy atom. The smallest absolute Gasteiger partial charge is 0.222 e. The van der Waals surface area contributed by atoms with Crippen molar-refractivity contribution in [3.05, 3.63) is 0 Å². The first-order valence-corrected chi connectivity index (χ1v) is 6.80. The molecule has 0 aromatic carbocycles. The number of primary amides is 1. The van der Waals surface area contributed by atoms with E-state index in [0.29, 0.717) is 6.04 Å². The van der Waals surface area contributed by atoms with Crippen LogP contribution in [0.3, 0.4) is 0 Å². The van der Waals surface area contributed by atoms with Crippen LogP contribution in [-0.2, 0) is 4.79 Å². The van der Waals surface area contributed by atoms with E-state index in [0.717, 1.165) is 31.7 Å². The lowest BCUT2D eigenvalue weighted by molar-refractivity contribution is -0.122. The second-order valence-corrected chi connectivity index (χ2v) is 5.46. The predicted octanol–water partition coefficient (Wildman–Crippen LogP) is 1.81. The Hall–Kier alpha value is -0.570. The maximum atomic E-state index is 11.2. The van der Waals surface area contributed by atoms with Crippen molar-refractivity contribution in [2.24, 2.45) is 17.6 Å². The summed E-state index contributed by atoms with van der Waals surface area (Å²) in [6.45, 7) is 1.09. The van der Waals surface area contributed by atoms with Crippen LogP contribution >= 0.6 is 0 Å². The van der Waals surface area contributed by atoms with Crippen LogP contribution in [0.15, 0.2) is 0 Å². The molecule has 0 spiro atoms. The summed E-state index contributed by atoms with van der Waals surface area (Å²) in [6.07, 6.45) is 10.2. The van der Waals surface area contributed by atoms with Gasteiger partial charge in [-0.1, -0.05) is 25.7 Å². The molecule has 2 rings (SSSR count). The molecule has 0 bridgehead atoms. The molecule has 2 atom stereocenters. The number of carbonyl (C=O) groups is 1. The van der Waals surface area contributed by atoms with Gasteiger partial charge in [-0.2, -0.15) is 0 Å². The third-order valence-corrected chi connectivity index (χ3v) is 4.27. The standard InChI is InChI=1S/C13H24N2O/c14-13(16)11-7-4-8-12(11)15-9-10-5-2-1-3-6-10/h10-12,15H,1-9H2,(H2,14,16). The molecule has 2 saturated carbocycles. The van der Waals surface area contributed by atoms with Crippen molar-refractivity contribution in [1.82, 2.24) is 5.32 Å². The summed E-state index contributed by atoms with van der Waals surface area (Å²) in [5.41, 5.74) is 5.42. The third kappa shape index (κ3) is 2.97. The van der Waals surface area contributed by atoms with Crippen molar-refractivity contribution in [3.8, 4) is 0 Å². The minimum Gasteiger partial charge on any atom is -0.369 e. The molecule has 0 heterocycles. The predicted molar refractivity (Wildman–Crippen MR) is 64.9 cm³/mol. The Labute approximate surface area is 98.2 Å². The summed E-state index contributed by atoms with van der Waals surface area (Å²) in [7, 11) is 0. The molecule has 92 valence electrons. The first kappa shape index (κ1) is 11.9. The highest BCUT2D eigenvalue weighted by molar-refractivity contribution is 5.77. The van der Waals surface area contributed by atoms with Gasteiger partial charge in [-0.05, 0) is 38.1 Å². The van der Waals surface area contributed by atoms with Gasteiger partial charge in [0.15, 0.2) is 0 Å². The minimum atomic E-state index is -0.112. The van der Waals surface area contributed by atoms with Gasteiger partial charge in [-0.25, -0.2) is 0 Å². The van der Waals surface area contributed by atoms with E-state index in [9.17, 15) is 4.79 Å². The topological polar surface area (TPSA) is 55.1 Å². The minimum absolute atomic E-state index is 0.0867. The summed E-state index contributed by atoms with van der Waals surface area (Å²) in [4.78, 5) is 11.2. The van der Waals surface area contributed by atoms with Crippen molar-refractivity contribution in [1.29, 1.82) is 0 Å². The zero-order valence-corrected chi connectivity index (χ0v) is 10.1. The summed E-state index contributed by atoms with van der Waals surface area (Å²) in [5, 5.41) is 3.58. The van der Waals surface area contributed by atoms with E-state index >= 15 is 0 Å². The van der Waals surface area contributed by atoms with Gasteiger partial charge in [-0.15, -0.1) is 0 Å². The SMILES string of the molecule is NC(=O)C1CCCC1NCC1CCCCC1. The maximum absolute atomic E-state index is 11.2. The summed E-state index contributed by atoms with van der Waals surface area (Å²) in [6, 6.07) is 0.361. The van der Waals surface area contributed by atoms with Crippen LogP contribution in [0.5, 0.6) is 0 Å². The summed E-state index contributed by atoms with van der Waals surface area (Å²) < 4.78 is 0. The molecule has 0 saturated heterocycles. The molecule has 0 aromatic rings. The normalized spacial score (nSPS) is 31.8. The molecule has 0 aromatic heterocycles. The van der Waals surface area contributed by atoms with Gasteiger partial charge in [0.25, 0.3) is 0 Å². The summed E-state index contributed by atoms with van der Waals surface area (Å²) >= 11 is 0. The quantitative estimate of drug-likeness (QED) is 0.765. The lowest BCUT2D eigenvalue weighted by Crippen LogP contribution is -2.41. The molecule has 2 aliphatic carbocycles. The molecule has 2 fully saturated rings. The van der Waals surface area contributed by atoms with Crippen LogP contribution in [0.4, 0.5) is 0 Å². The van der Waals surface area contributed by atoms with Gasteiger partial charge in [0.1, 0.15) is 0 Å².